The highest BCUT2D eigenvalue weighted by atomic mass is 16.5. The molecule has 1 heterocycles. The van der Waals surface area contributed by atoms with E-state index < -0.39 is 6.10 Å². The summed E-state index contributed by atoms with van der Waals surface area (Å²) in [4.78, 5) is 4.01. The highest BCUT2D eigenvalue weighted by Crippen LogP contribution is 2.25. The first-order valence-electron chi connectivity index (χ1n) is 8.08. The molecule has 0 aliphatic heterocycles. The van der Waals surface area contributed by atoms with Crippen molar-refractivity contribution in [1.82, 2.24) is 10.3 Å². The quantitative estimate of drug-likeness (QED) is 0.811. The lowest BCUT2D eigenvalue weighted by molar-refractivity contribution is -0.0310. The summed E-state index contributed by atoms with van der Waals surface area (Å²) >= 11 is 0. The van der Waals surface area contributed by atoms with E-state index in [1.54, 1.807) is 12.4 Å². The van der Waals surface area contributed by atoms with Gasteiger partial charge in [-0.3, -0.25) is 4.98 Å². The fourth-order valence-corrected chi connectivity index (χ4v) is 2.92. The van der Waals surface area contributed by atoms with E-state index in [9.17, 15) is 5.11 Å². The molecule has 0 saturated heterocycles. The Morgan fingerprint density at radius 2 is 2.14 bits per heavy atom. The predicted octanol–water partition coefficient (Wildman–Crippen LogP) is 2.69. The Hall–Kier alpha value is -0.970. The van der Waals surface area contributed by atoms with Crippen LogP contribution in [0.5, 0.6) is 0 Å². The molecule has 1 aliphatic carbocycles. The summed E-state index contributed by atoms with van der Waals surface area (Å²) < 4.78 is 5.85. The molecule has 1 aliphatic rings. The molecule has 4 heteroatoms. The normalized spacial score (nSPS) is 25.5. The molecule has 118 valence electrons. The van der Waals surface area contributed by atoms with Crippen LogP contribution in [0, 0.1) is 5.92 Å². The van der Waals surface area contributed by atoms with Gasteiger partial charge in [-0.1, -0.05) is 19.8 Å². The predicted molar refractivity (Wildman–Crippen MR) is 84.0 cm³/mol. The number of aromatic nitrogens is 1. The third kappa shape index (κ3) is 5.73. The van der Waals surface area contributed by atoms with Crippen molar-refractivity contribution < 1.29 is 9.84 Å². The van der Waals surface area contributed by atoms with E-state index in [4.69, 9.17) is 4.74 Å². The standard InChI is InChI=1S/C17H28N2O2/c1-13-4-3-5-17(10-13)21-12-16(20)11-19-14(2)15-6-8-18-9-7-15/h6-9,13-14,16-17,19-20H,3-5,10-12H2,1-2H3/t13?,14-,16?,17?/m1/s1. The largest absolute Gasteiger partial charge is 0.389 e. The molecule has 4 nitrogen and oxygen atoms in total. The van der Waals surface area contributed by atoms with Gasteiger partial charge in [0.05, 0.1) is 18.8 Å². The molecule has 1 aromatic heterocycles. The zero-order valence-corrected chi connectivity index (χ0v) is 13.2. The molecular formula is C17H28N2O2. The fourth-order valence-electron chi connectivity index (χ4n) is 2.92. The van der Waals surface area contributed by atoms with Crippen molar-refractivity contribution in [3.63, 3.8) is 0 Å². The number of aliphatic hydroxyl groups is 1. The Bertz CT molecular complexity index is 399. The Balaban J connectivity index is 1.64. The molecule has 0 bridgehead atoms. The van der Waals surface area contributed by atoms with Gasteiger partial charge in [-0.25, -0.2) is 0 Å². The molecule has 0 amide bonds. The summed E-state index contributed by atoms with van der Waals surface area (Å²) in [5.41, 5.74) is 1.18. The minimum atomic E-state index is -0.452. The van der Waals surface area contributed by atoms with Crippen LogP contribution in [0.25, 0.3) is 0 Å². The van der Waals surface area contributed by atoms with Crippen LogP contribution in [-0.2, 0) is 4.74 Å². The first-order valence-corrected chi connectivity index (χ1v) is 8.08. The monoisotopic (exact) mass is 292 g/mol. The molecule has 2 N–H and O–H groups in total. The second kappa shape index (κ2) is 8.47. The minimum Gasteiger partial charge on any atom is -0.389 e. The van der Waals surface area contributed by atoms with Gasteiger partial charge in [0, 0.05) is 25.0 Å². The molecule has 1 saturated carbocycles. The van der Waals surface area contributed by atoms with Gasteiger partial charge < -0.3 is 15.2 Å². The Labute approximate surface area is 127 Å². The van der Waals surface area contributed by atoms with Crippen LogP contribution >= 0.6 is 0 Å². The molecule has 1 aromatic rings. The summed E-state index contributed by atoms with van der Waals surface area (Å²) in [5.74, 6) is 0.755. The molecule has 21 heavy (non-hydrogen) atoms. The lowest BCUT2D eigenvalue weighted by Gasteiger charge is -2.28. The molecule has 4 atom stereocenters. The number of rotatable bonds is 7. The zero-order valence-electron chi connectivity index (χ0n) is 13.2. The number of pyridine rings is 1. The smallest absolute Gasteiger partial charge is 0.0898 e. The number of hydrogen-bond donors (Lipinski definition) is 2. The first kappa shape index (κ1) is 16.4. The number of aliphatic hydroxyl groups excluding tert-OH is 1. The summed E-state index contributed by atoms with van der Waals surface area (Å²) in [5, 5.41) is 13.4. The lowest BCUT2D eigenvalue weighted by Crippen LogP contribution is -2.34. The third-order valence-corrected chi connectivity index (χ3v) is 4.28. The number of hydrogen-bond acceptors (Lipinski definition) is 4. The highest BCUT2D eigenvalue weighted by molar-refractivity contribution is 5.13. The lowest BCUT2D eigenvalue weighted by atomic mass is 9.89. The van der Waals surface area contributed by atoms with E-state index in [1.807, 2.05) is 12.1 Å². The van der Waals surface area contributed by atoms with Crippen LogP contribution in [0.2, 0.25) is 0 Å². The van der Waals surface area contributed by atoms with E-state index in [0.717, 1.165) is 18.8 Å². The van der Waals surface area contributed by atoms with Gasteiger partial charge >= 0.3 is 0 Å². The van der Waals surface area contributed by atoms with Crippen molar-refractivity contribution in [3.8, 4) is 0 Å². The zero-order chi connectivity index (χ0) is 15.1. The van der Waals surface area contributed by atoms with E-state index in [0.29, 0.717) is 19.3 Å². The van der Waals surface area contributed by atoms with Crippen molar-refractivity contribution in [3.05, 3.63) is 30.1 Å². The molecular weight excluding hydrogens is 264 g/mol. The van der Waals surface area contributed by atoms with Crippen LogP contribution in [-0.4, -0.2) is 35.5 Å². The maximum atomic E-state index is 10.0. The van der Waals surface area contributed by atoms with Crippen LogP contribution in [0.1, 0.15) is 51.1 Å². The minimum absolute atomic E-state index is 0.206. The number of nitrogens with zero attached hydrogens (tertiary/aromatic N) is 1. The second-order valence-corrected chi connectivity index (χ2v) is 6.29. The number of nitrogens with one attached hydrogen (secondary N) is 1. The van der Waals surface area contributed by atoms with Crippen molar-refractivity contribution in [2.45, 2.75) is 57.8 Å². The van der Waals surface area contributed by atoms with E-state index in [1.165, 1.54) is 18.4 Å². The van der Waals surface area contributed by atoms with Crippen molar-refractivity contribution in [2.24, 2.45) is 5.92 Å². The molecule has 1 fully saturated rings. The van der Waals surface area contributed by atoms with Crippen LogP contribution in [0.3, 0.4) is 0 Å². The number of ether oxygens (including phenoxy) is 1. The van der Waals surface area contributed by atoms with E-state index in [2.05, 4.69) is 24.1 Å². The van der Waals surface area contributed by atoms with Crippen molar-refractivity contribution in [1.29, 1.82) is 0 Å². The Kier molecular flexibility index (Phi) is 6.61. The van der Waals surface area contributed by atoms with E-state index >= 15 is 0 Å². The van der Waals surface area contributed by atoms with Gasteiger partial charge in [0.1, 0.15) is 0 Å². The summed E-state index contributed by atoms with van der Waals surface area (Å²) in [6, 6.07) is 4.19. The molecule has 0 spiro atoms. The van der Waals surface area contributed by atoms with Gasteiger partial charge in [-0.2, -0.15) is 0 Å². The van der Waals surface area contributed by atoms with Gasteiger partial charge in [0.2, 0.25) is 0 Å². The first-order chi connectivity index (χ1) is 10.1. The third-order valence-electron chi connectivity index (χ3n) is 4.28. The Morgan fingerprint density at radius 1 is 1.38 bits per heavy atom. The Morgan fingerprint density at radius 3 is 2.86 bits per heavy atom. The SMILES string of the molecule is CC1CCCC(OCC(O)CN[C@H](C)c2ccncc2)C1. The summed E-state index contributed by atoms with van der Waals surface area (Å²) in [7, 11) is 0. The topological polar surface area (TPSA) is 54.4 Å². The molecule has 0 aromatic carbocycles. The second-order valence-electron chi connectivity index (χ2n) is 6.29. The average Bonchev–Trinajstić information content (AvgIpc) is 2.51. The summed E-state index contributed by atoms with van der Waals surface area (Å²) in [6.07, 6.45) is 8.29. The summed E-state index contributed by atoms with van der Waals surface area (Å²) in [6.45, 7) is 5.34. The molecule has 0 radical (unpaired) electrons. The van der Waals surface area contributed by atoms with Gasteiger partial charge in [-0.15, -0.1) is 0 Å². The van der Waals surface area contributed by atoms with Crippen LogP contribution < -0.4 is 5.32 Å². The average molecular weight is 292 g/mol. The van der Waals surface area contributed by atoms with E-state index in [-0.39, 0.29) is 6.04 Å². The van der Waals surface area contributed by atoms with Crippen LogP contribution in [0.4, 0.5) is 0 Å². The van der Waals surface area contributed by atoms with Crippen LogP contribution in [0.15, 0.2) is 24.5 Å². The molecule has 2 rings (SSSR count). The van der Waals surface area contributed by atoms with Gasteiger partial charge in [-0.05, 0) is 43.4 Å². The maximum Gasteiger partial charge on any atom is 0.0898 e. The van der Waals surface area contributed by atoms with Crippen molar-refractivity contribution in [2.75, 3.05) is 13.2 Å². The van der Waals surface area contributed by atoms with Gasteiger partial charge in [0.15, 0.2) is 0 Å². The van der Waals surface area contributed by atoms with Crippen molar-refractivity contribution >= 4 is 0 Å². The molecule has 3 unspecified atom stereocenters. The van der Waals surface area contributed by atoms with Gasteiger partial charge in [0.25, 0.3) is 0 Å². The highest BCUT2D eigenvalue weighted by Gasteiger charge is 2.20. The maximum absolute atomic E-state index is 10.0. The fraction of sp³-hybridized carbons (Fsp3) is 0.706.